The van der Waals surface area contributed by atoms with Crippen LogP contribution in [0.15, 0.2) is 77.7 Å². The molecule has 0 spiro atoms. The molecule has 1 fully saturated rings. The number of carbonyl (C=O) groups is 1. The molecule has 0 bridgehead atoms. The molecule has 6 nitrogen and oxygen atoms in total. The van der Waals surface area contributed by atoms with Crippen LogP contribution in [-0.4, -0.2) is 46.0 Å². The number of rotatable bonds is 7. The molecule has 1 heterocycles. The highest BCUT2D eigenvalue weighted by Crippen LogP contribution is 2.28. The number of benzene rings is 3. The van der Waals surface area contributed by atoms with E-state index in [-0.39, 0.29) is 16.8 Å². The second-order valence-electron chi connectivity index (χ2n) is 8.33. The van der Waals surface area contributed by atoms with Gasteiger partial charge in [-0.05, 0) is 73.4 Å². The van der Waals surface area contributed by atoms with Crippen molar-refractivity contribution in [3.05, 3.63) is 88.9 Å². The molecule has 0 aromatic heterocycles. The van der Waals surface area contributed by atoms with Crippen molar-refractivity contribution >= 4 is 33.2 Å². The van der Waals surface area contributed by atoms with Gasteiger partial charge in [-0.25, -0.2) is 8.42 Å². The second-order valence-corrected chi connectivity index (χ2v) is 10.7. The number of methoxy groups -OCH3 is 1. The molecule has 0 aliphatic carbocycles. The van der Waals surface area contributed by atoms with Gasteiger partial charge in [0, 0.05) is 30.2 Å². The molecular weight excluding hydrogens is 472 g/mol. The fourth-order valence-electron chi connectivity index (χ4n) is 4.31. The molecule has 0 saturated carbocycles. The van der Waals surface area contributed by atoms with Crippen LogP contribution >= 0.6 is 11.6 Å². The number of amides is 1. The summed E-state index contributed by atoms with van der Waals surface area (Å²) in [5, 5.41) is 0.444. The lowest BCUT2D eigenvalue weighted by atomic mass is 10.0. The topological polar surface area (TPSA) is 66.9 Å². The first-order chi connectivity index (χ1) is 16.3. The van der Waals surface area contributed by atoms with Gasteiger partial charge in [0.1, 0.15) is 5.75 Å². The first-order valence-electron chi connectivity index (χ1n) is 11.1. The van der Waals surface area contributed by atoms with E-state index < -0.39 is 10.0 Å². The Bertz CT molecular complexity index is 1300. The first kappa shape index (κ1) is 24.1. The molecule has 34 heavy (non-hydrogen) atoms. The Hall–Kier alpha value is -3.03. The minimum atomic E-state index is -3.87. The molecule has 1 aliphatic heterocycles. The third-order valence-corrected chi connectivity index (χ3v) is 8.17. The van der Waals surface area contributed by atoms with E-state index >= 15 is 0 Å². The van der Waals surface area contributed by atoms with Crippen LogP contribution in [0.3, 0.4) is 0 Å². The standard InChI is InChI=1S/C26H27ClN2O4S/c1-28(22-10-5-9-21(27)18-22)34(31,32)25-13-4-8-20(17-25)26(30)29-14-6-11-23(29)15-19-7-3-12-24(16-19)33-2/h3-5,7-10,12-13,16-18,23H,6,11,14-15H2,1-2H3. The molecule has 1 atom stereocenters. The zero-order valence-electron chi connectivity index (χ0n) is 19.1. The van der Waals surface area contributed by atoms with E-state index in [1.54, 1.807) is 43.5 Å². The number of sulfonamides is 1. The summed E-state index contributed by atoms with van der Waals surface area (Å²) >= 11 is 6.03. The predicted octanol–water partition coefficient (Wildman–Crippen LogP) is 5.02. The number of ether oxygens (including phenoxy) is 1. The highest BCUT2D eigenvalue weighted by molar-refractivity contribution is 7.92. The van der Waals surface area contributed by atoms with Crippen molar-refractivity contribution in [2.24, 2.45) is 0 Å². The number of likely N-dealkylation sites (tertiary alicyclic amines) is 1. The molecule has 1 amide bonds. The van der Waals surface area contributed by atoms with Gasteiger partial charge in [0.25, 0.3) is 15.9 Å². The van der Waals surface area contributed by atoms with Gasteiger partial charge in [0.15, 0.2) is 0 Å². The van der Waals surface area contributed by atoms with Crippen molar-refractivity contribution < 1.29 is 17.9 Å². The van der Waals surface area contributed by atoms with Gasteiger partial charge in [-0.1, -0.05) is 35.9 Å². The van der Waals surface area contributed by atoms with Crippen LogP contribution in [0, 0.1) is 0 Å². The van der Waals surface area contributed by atoms with Crippen LogP contribution in [0.2, 0.25) is 5.02 Å². The summed E-state index contributed by atoms with van der Waals surface area (Å²) < 4.78 is 33.0. The third-order valence-electron chi connectivity index (χ3n) is 6.15. The molecule has 178 valence electrons. The maximum Gasteiger partial charge on any atom is 0.264 e. The fourth-order valence-corrected chi connectivity index (χ4v) is 5.73. The Balaban J connectivity index is 1.56. The summed E-state index contributed by atoms with van der Waals surface area (Å²) in [6.07, 6.45) is 2.53. The van der Waals surface area contributed by atoms with Crippen LogP contribution in [0.25, 0.3) is 0 Å². The smallest absolute Gasteiger partial charge is 0.264 e. The van der Waals surface area contributed by atoms with Gasteiger partial charge < -0.3 is 9.64 Å². The van der Waals surface area contributed by atoms with E-state index in [0.29, 0.717) is 22.8 Å². The summed E-state index contributed by atoms with van der Waals surface area (Å²) in [5.74, 6) is 0.628. The minimum Gasteiger partial charge on any atom is -0.497 e. The molecule has 3 aromatic carbocycles. The Labute approximate surface area is 205 Å². The molecule has 3 aromatic rings. The number of anilines is 1. The number of carbonyl (C=O) groups excluding carboxylic acids is 1. The van der Waals surface area contributed by atoms with Gasteiger partial charge >= 0.3 is 0 Å². The average molecular weight is 499 g/mol. The predicted molar refractivity (Wildman–Crippen MR) is 134 cm³/mol. The normalized spacial score (nSPS) is 15.9. The van der Waals surface area contributed by atoms with E-state index in [0.717, 1.165) is 30.6 Å². The lowest BCUT2D eigenvalue weighted by Crippen LogP contribution is -2.37. The molecule has 0 radical (unpaired) electrons. The SMILES string of the molecule is COc1cccc(CC2CCCN2C(=O)c2cccc(S(=O)(=O)N(C)c3cccc(Cl)c3)c2)c1. The van der Waals surface area contributed by atoms with Gasteiger partial charge in [-0.3, -0.25) is 9.10 Å². The summed E-state index contributed by atoms with van der Waals surface area (Å²) in [7, 11) is -0.761. The lowest BCUT2D eigenvalue weighted by molar-refractivity contribution is 0.0736. The highest BCUT2D eigenvalue weighted by atomic mass is 35.5. The molecule has 1 unspecified atom stereocenters. The summed E-state index contributed by atoms with van der Waals surface area (Å²) in [5.41, 5.74) is 1.91. The average Bonchev–Trinajstić information content (AvgIpc) is 3.31. The van der Waals surface area contributed by atoms with Crippen LogP contribution in [-0.2, 0) is 16.4 Å². The van der Waals surface area contributed by atoms with E-state index in [2.05, 4.69) is 0 Å². The summed E-state index contributed by atoms with van der Waals surface area (Å²) in [6.45, 7) is 0.646. The number of halogens is 1. The van der Waals surface area contributed by atoms with Crippen molar-refractivity contribution in [2.45, 2.75) is 30.2 Å². The van der Waals surface area contributed by atoms with Gasteiger partial charge in [0.05, 0.1) is 17.7 Å². The molecular formula is C26H27ClN2O4S. The van der Waals surface area contributed by atoms with Crippen molar-refractivity contribution in [1.82, 2.24) is 4.90 Å². The van der Waals surface area contributed by atoms with Gasteiger partial charge in [0.2, 0.25) is 0 Å². The second kappa shape index (κ2) is 10.1. The summed E-state index contributed by atoms with van der Waals surface area (Å²) in [6, 6.07) is 20.8. The Morgan fingerprint density at radius 1 is 1.09 bits per heavy atom. The van der Waals surface area contributed by atoms with Crippen molar-refractivity contribution in [2.75, 3.05) is 25.0 Å². The molecule has 1 aliphatic rings. The Morgan fingerprint density at radius 2 is 1.85 bits per heavy atom. The monoisotopic (exact) mass is 498 g/mol. The van der Waals surface area contributed by atoms with E-state index in [9.17, 15) is 13.2 Å². The first-order valence-corrected chi connectivity index (χ1v) is 12.9. The van der Waals surface area contributed by atoms with Crippen molar-refractivity contribution in [3.63, 3.8) is 0 Å². The van der Waals surface area contributed by atoms with Gasteiger partial charge in [-0.15, -0.1) is 0 Å². The summed E-state index contributed by atoms with van der Waals surface area (Å²) in [4.78, 5) is 15.3. The molecule has 4 rings (SSSR count). The Kier molecular flexibility index (Phi) is 7.14. The minimum absolute atomic E-state index is 0.0500. The number of hydrogen-bond acceptors (Lipinski definition) is 4. The largest absolute Gasteiger partial charge is 0.497 e. The zero-order valence-corrected chi connectivity index (χ0v) is 20.7. The van der Waals surface area contributed by atoms with E-state index in [4.69, 9.17) is 16.3 Å². The van der Waals surface area contributed by atoms with E-state index in [1.165, 1.54) is 23.5 Å². The lowest BCUT2D eigenvalue weighted by Gasteiger charge is -2.25. The maximum absolute atomic E-state index is 13.4. The molecule has 8 heteroatoms. The van der Waals surface area contributed by atoms with Crippen LogP contribution in [0.4, 0.5) is 5.69 Å². The van der Waals surface area contributed by atoms with Crippen molar-refractivity contribution in [3.8, 4) is 5.75 Å². The maximum atomic E-state index is 13.4. The Morgan fingerprint density at radius 3 is 2.62 bits per heavy atom. The highest BCUT2D eigenvalue weighted by Gasteiger charge is 2.30. The molecule has 1 saturated heterocycles. The van der Waals surface area contributed by atoms with Gasteiger partial charge in [-0.2, -0.15) is 0 Å². The number of nitrogens with zero attached hydrogens (tertiary/aromatic N) is 2. The number of hydrogen-bond donors (Lipinski definition) is 0. The zero-order chi connectivity index (χ0) is 24.3. The van der Waals surface area contributed by atoms with Crippen LogP contribution in [0.1, 0.15) is 28.8 Å². The van der Waals surface area contributed by atoms with Crippen LogP contribution in [0.5, 0.6) is 5.75 Å². The third kappa shape index (κ3) is 5.05. The van der Waals surface area contributed by atoms with E-state index in [1.807, 2.05) is 29.2 Å². The fraction of sp³-hybridized carbons (Fsp3) is 0.269. The quantitative estimate of drug-likeness (QED) is 0.458. The van der Waals surface area contributed by atoms with Crippen LogP contribution < -0.4 is 9.04 Å². The molecule has 0 N–H and O–H groups in total. The van der Waals surface area contributed by atoms with Crippen molar-refractivity contribution in [1.29, 1.82) is 0 Å².